The average Bonchev–Trinajstić information content (AvgIpc) is 3.32. The highest BCUT2D eigenvalue weighted by molar-refractivity contribution is 5.76. The van der Waals surface area contributed by atoms with Crippen molar-refractivity contribution in [1.82, 2.24) is 5.32 Å². The fraction of sp³-hybridized carbons (Fsp3) is 0.867. The van der Waals surface area contributed by atoms with Crippen LogP contribution in [0.5, 0.6) is 0 Å². The third-order valence-corrected chi connectivity index (χ3v) is 13.4. The number of amides is 1. The minimum Gasteiger partial charge on any atom is -0.466 e. The van der Waals surface area contributed by atoms with E-state index in [1.54, 1.807) is 0 Å². The normalized spacial score (nSPS) is 12.8. The zero-order valence-electron chi connectivity index (χ0n) is 44.2. The van der Waals surface area contributed by atoms with Gasteiger partial charge in [0.15, 0.2) is 0 Å². The Kier molecular flexibility index (Phi) is 54.1. The Hall–Kier alpha value is -1.92. The summed E-state index contributed by atoms with van der Waals surface area (Å²) in [5.41, 5.74) is 0. The van der Waals surface area contributed by atoms with Crippen molar-refractivity contribution in [3.8, 4) is 0 Å². The molecule has 6 heteroatoms. The molecular weight excluding hydrogens is 815 g/mol. The van der Waals surface area contributed by atoms with E-state index in [0.717, 1.165) is 57.8 Å². The molecule has 0 rings (SSSR count). The highest BCUT2D eigenvalue weighted by Crippen LogP contribution is 2.17. The van der Waals surface area contributed by atoms with Gasteiger partial charge in [0.1, 0.15) is 0 Å². The zero-order chi connectivity index (χ0) is 47.9. The quantitative estimate of drug-likeness (QED) is 0.0321. The lowest BCUT2D eigenvalue weighted by molar-refractivity contribution is -0.143. The minimum atomic E-state index is -0.671. The van der Waals surface area contributed by atoms with Gasteiger partial charge in [0.05, 0.1) is 25.4 Å². The predicted molar refractivity (Wildman–Crippen MR) is 287 cm³/mol. The number of rotatable bonds is 54. The van der Waals surface area contributed by atoms with E-state index < -0.39 is 12.1 Å². The molecule has 0 bridgehead atoms. The van der Waals surface area contributed by atoms with Gasteiger partial charge in [-0.15, -0.1) is 0 Å². The molecule has 0 spiro atoms. The van der Waals surface area contributed by atoms with Gasteiger partial charge in [0.2, 0.25) is 5.91 Å². The van der Waals surface area contributed by atoms with Crippen molar-refractivity contribution in [2.24, 2.45) is 0 Å². The number of carbonyl (C=O) groups is 2. The number of hydrogen-bond donors (Lipinski definition) is 3. The SMILES string of the molecule is CCCCC/C=C\C/C=C\CCCCCCCC(=O)OCCCCCCCCCC/C=C\CCCCCCCCCC(=O)NC(CO)C(O)CCCCCCCCCCCCCCCCC. The molecule has 6 nitrogen and oxygen atoms in total. The van der Waals surface area contributed by atoms with Gasteiger partial charge in [-0.1, -0.05) is 249 Å². The third-order valence-electron chi connectivity index (χ3n) is 13.4. The second-order valence-corrected chi connectivity index (χ2v) is 20.0. The standard InChI is InChI=1S/C60H113NO5/c1-3-5-7-9-11-13-15-17-24-28-32-36-40-44-48-52-58(63)57(56-62)61-59(64)53-49-45-41-37-33-29-26-22-20-19-21-23-27-31-35-39-43-47-51-55-66-60(65)54-50-46-42-38-34-30-25-18-16-14-12-10-8-6-4-2/h12,14,18-20,25,57-58,62-63H,3-11,13,15-17,21-24,26-56H2,1-2H3,(H,61,64)/b14-12-,20-19-,25-18-. The predicted octanol–water partition coefficient (Wildman–Crippen LogP) is 18.0. The van der Waals surface area contributed by atoms with Crippen molar-refractivity contribution in [3.05, 3.63) is 36.5 Å². The van der Waals surface area contributed by atoms with Crippen LogP contribution in [-0.2, 0) is 14.3 Å². The molecule has 66 heavy (non-hydrogen) atoms. The van der Waals surface area contributed by atoms with E-state index >= 15 is 0 Å². The Morgan fingerprint density at radius 1 is 0.424 bits per heavy atom. The van der Waals surface area contributed by atoms with Crippen LogP contribution in [0.4, 0.5) is 0 Å². The first-order valence-corrected chi connectivity index (χ1v) is 29.2. The first-order chi connectivity index (χ1) is 32.5. The van der Waals surface area contributed by atoms with Gasteiger partial charge < -0.3 is 20.3 Å². The van der Waals surface area contributed by atoms with Crippen molar-refractivity contribution < 1.29 is 24.5 Å². The Bertz CT molecular complexity index is 1070. The molecule has 388 valence electrons. The van der Waals surface area contributed by atoms with E-state index in [9.17, 15) is 19.8 Å². The summed E-state index contributed by atoms with van der Waals surface area (Å²) in [6.45, 7) is 4.91. The second kappa shape index (κ2) is 55.7. The highest BCUT2D eigenvalue weighted by atomic mass is 16.5. The number of carbonyl (C=O) groups excluding carboxylic acids is 2. The van der Waals surface area contributed by atoms with E-state index in [-0.39, 0.29) is 18.5 Å². The molecule has 0 saturated carbocycles. The fourth-order valence-electron chi connectivity index (χ4n) is 8.90. The van der Waals surface area contributed by atoms with Crippen LogP contribution in [0, 0.1) is 0 Å². The summed E-state index contributed by atoms with van der Waals surface area (Å²) in [6.07, 6.45) is 68.4. The molecule has 2 atom stereocenters. The van der Waals surface area contributed by atoms with E-state index in [0.29, 0.717) is 25.9 Å². The molecule has 0 saturated heterocycles. The van der Waals surface area contributed by atoms with Crippen LogP contribution >= 0.6 is 0 Å². The second-order valence-electron chi connectivity index (χ2n) is 20.0. The number of unbranched alkanes of at least 4 members (excludes halogenated alkanes) is 37. The van der Waals surface area contributed by atoms with E-state index in [1.807, 2.05) is 0 Å². The first-order valence-electron chi connectivity index (χ1n) is 29.2. The highest BCUT2D eigenvalue weighted by Gasteiger charge is 2.20. The molecule has 1 amide bonds. The van der Waals surface area contributed by atoms with E-state index in [1.165, 1.54) is 218 Å². The molecular formula is C60H113NO5. The number of ether oxygens (including phenoxy) is 1. The molecule has 0 radical (unpaired) electrons. The molecule has 0 aliphatic rings. The Labute approximate surface area is 411 Å². The van der Waals surface area contributed by atoms with E-state index in [4.69, 9.17) is 4.74 Å². The van der Waals surface area contributed by atoms with Gasteiger partial charge in [0, 0.05) is 12.8 Å². The summed E-state index contributed by atoms with van der Waals surface area (Å²) < 4.78 is 5.47. The van der Waals surface area contributed by atoms with Gasteiger partial charge >= 0.3 is 5.97 Å². The van der Waals surface area contributed by atoms with Crippen molar-refractivity contribution in [1.29, 1.82) is 0 Å². The lowest BCUT2D eigenvalue weighted by Gasteiger charge is -2.22. The van der Waals surface area contributed by atoms with Crippen LogP contribution in [0.3, 0.4) is 0 Å². The molecule has 0 aromatic heterocycles. The molecule has 0 fully saturated rings. The fourth-order valence-corrected chi connectivity index (χ4v) is 8.90. The number of nitrogens with one attached hydrogen (secondary N) is 1. The number of hydrogen-bond acceptors (Lipinski definition) is 5. The van der Waals surface area contributed by atoms with Crippen molar-refractivity contribution >= 4 is 11.9 Å². The van der Waals surface area contributed by atoms with Crippen LogP contribution in [0.2, 0.25) is 0 Å². The molecule has 0 aromatic rings. The summed E-state index contributed by atoms with van der Waals surface area (Å²) in [7, 11) is 0. The Morgan fingerprint density at radius 2 is 0.758 bits per heavy atom. The summed E-state index contributed by atoms with van der Waals surface area (Å²) in [4.78, 5) is 24.5. The van der Waals surface area contributed by atoms with Gasteiger partial charge in [-0.25, -0.2) is 0 Å². The van der Waals surface area contributed by atoms with Gasteiger partial charge in [0.25, 0.3) is 0 Å². The van der Waals surface area contributed by atoms with Crippen LogP contribution in [0.25, 0.3) is 0 Å². The van der Waals surface area contributed by atoms with Crippen LogP contribution < -0.4 is 5.32 Å². The van der Waals surface area contributed by atoms with Crippen LogP contribution in [0.15, 0.2) is 36.5 Å². The smallest absolute Gasteiger partial charge is 0.305 e. The topological polar surface area (TPSA) is 95.9 Å². The maximum absolute atomic E-state index is 12.5. The molecule has 0 aromatic carbocycles. The summed E-state index contributed by atoms with van der Waals surface area (Å²) in [5.74, 6) is -0.0543. The van der Waals surface area contributed by atoms with Gasteiger partial charge in [-0.3, -0.25) is 9.59 Å². The number of allylic oxidation sites excluding steroid dienone is 6. The third kappa shape index (κ3) is 51.5. The summed E-state index contributed by atoms with van der Waals surface area (Å²) >= 11 is 0. The van der Waals surface area contributed by atoms with E-state index in [2.05, 4.69) is 55.6 Å². The maximum atomic E-state index is 12.5. The molecule has 0 aliphatic heterocycles. The van der Waals surface area contributed by atoms with Crippen molar-refractivity contribution in [3.63, 3.8) is 0 Å². The van der Waals surface area contributed by atoms with Crippen molar-refractivity contribution in [2.75, 3.05) is 13.2 Å². The molecule has 0 aliphatic carbocycles. The Balaban J connectivity index is 3.45. The van der Waals surface area contributed by atoms with Gasteiger partial charge in [-0.2, -0.15) is 0 Å². The number of esters is 1. The van der Waals surface area contributed by atoms with Crippen LogP contribution in [0.1, 0.15) is 309 Å². The molecule has 2 unspecified atom stereocenters. The lowest BCUT2D eigenvalue weighted by Crippen LogP contribution is -2.45. The molecule has 0 heterocycles. The van der Waals surface area contributed by atoms with Gasteiger partial charge in [-0.05, 0) is 83.5 Å². The summed E-state index contributed by atoms with van der Waals surface area (Å²) in [6, 6.07) is -0.549. The van der Waals surface area contributed by atoms with Crippen LogP contribution in [-0.4, -0.2) is 47.4 Å². The monoisotopic (exact) mass is 928 g/mol. The molecule has 3 N–H and O–H groups in total. The zero-order valence-corrected chi connectivity index (χ0v) is 44.2. The maximum Gasteiger partial charge on any atom is 0.305 e. The number of aliphatic hydroxyl groups is 2. The first kappa shape index (κ1) is 64.1. The number of aliphatic hydroxyl groups excluding tert-OH is 2. The largest absolute Gasteiger partial charge is 0.466 e. The minimum absolute atomic E-state index is 0.0101. The average molecular weight is 929 g/mol. The van der Waals surface area contributed by atoms with Crippen molar-refractivity contribution in [2.45, 2.75) is 321 Å². The summed E-state index contributed by atoms with van der Waals surface area (Å²) in [5, 5.41) is 23.3. The Morgan fingerprint density at radius 3 is 1.20 bits per heavy atom. The lowest BCUT2D eigenvalue weighted by atomic mass is 10.0.